The third-order valence-corrected chi connectivity index (χ3v) is 2.03. The SMILES string of the molecule is CNC(=O)CCC(=O)NCCOP(=O)([O-])[O-]. The van der Waals surface area contributed by atoms with Crippen molar-refractivity contribution in [1.82, 2.24) is 10.6 Å². The molecular weight excluding hydrogens is 239 g/mol. The minimum atomic E-state index is -4.98. The lowest BCUT2D eigenvalue weighted by molar-refractivity contribution is -0.341. The highest BCUT2D eigenvalue weighted by atomic mass is 31.2. The number of phosphoric ester groups is 1. The molecule has 0 rings (SSSR count). The van der Waals surface area contributed by atoms with Gasteiger partial charge in [-0.15, -0.1) is 0 Å². The first-order valence-electron chi connectivity index (χ1n) is 4.49. The Kier molecular flexibility index (Phi) is 6.91. The van der Waals surface area contributed by atoms with E-state index in [0.717, 1.165) is 0 Å². The summed E-state index contributed by atoms with van der Waals surface area (Å²) in [5.41, 5.74) is 0. The van der Waals surface area contributed by atoms with Gasteiger partial charge in [0.1, 0.15) is 0 Å². The molecule has 0 aliphatic rings. The molecule has 2 amide bonds. The Morgan fingerprint density at radius 1 is 1.25 bits per heavy atom. The first kappa shape index (κ1) is 15.0. The summed E-state index contributed by atoms with van der Waals surface area (Å²) >= 11 is 0. The molecule has 0 bridgehead atoms. The van der Waals surface area contributed by atoms with Gasteiger partial charge in [-0.05, 0) is 0 Å². The van der Waals surface area contributed by atoms with Crippen LogP contribution >= 0.6 is 7.82 Å². The first-order chi connectivity index (χ1) is 7.35. The first-order valence-corrected chi connectivity index (χ1v) is 5.95. The number of hydrogen-bond acceptors (Lipinski definition) is 6. The zero-order valence-electron chi connectivity index (χ0n) is 8.73. The molecule has 8 nitrogen and oxygen atoms in total. The minimum Gasteiger partial charge on any atom is -0.790 e. The molecule has 0 spiro atoms. The van der Waals surface area contributed by atoms with Gasteiger partial charge in [0.05, 0.1) is 14.4 Å². The van der Waals surface area contributed by atoms with Crippen LogP contribution in [0.5, 0.6) is 0 Å². The average Bonchev–Trinajstić information content (AvgIpc) is 2.19. The quantitative estimate of drug-likeness (QED) is 0.379. The molecule has 0 aromatic rings. The Hall–Kier alpha value is -0.950. The van der Waals surface area contributed by atoms with Crippen LogP contribution in [0.4, 0.5) is 0 Å². The van der Waals surface area contributed by atoms with Crippen molar-refractivity contribution in [2.24, 2.45) is 0 Å². The zero-order valence-corrected chi connectivity index (χ0v) is 9.62. The van der Waals surface area contributed by atoms with Gasteiger partial charge >= 0.3 is 0 Å². The van der Waals surface area contributed by atoms with Crippen molar-refractivity contribution in [3.05, 3.63) is 0 Å². The number of phosphoric acid groups is 1. The van der Waals surface area contributed by atoms with E-state index in [1.807, 2.05) is 0 Å². The molecule has 0 aromatic heterocycles. The van der Waals surface area contributed by atoms with E-state index in [0.29, 0.717) is 0 Å². The number of carbonyl (C=O) groups is 2. The van der Waals surface area contributed by atoms with Crippen molar-refractivity contribution in [3.63, 3.8) is 0 Å². The molecular formula is C7H13N2O6P-2. The van der Waals surface area contributed by atoms with Crippen molar-refractivity contribution in [1.29, 1.82) is 0 Å². The molecule has 0 aliphatic carbocycles. The summed E-state index contributed by atoms with van der Waals surface area (Å²) < 4.78 is 13.9. The zero-order chi connectivity index (χ0) is 12.6. The van der Waals surface area contributed by atoms with E-state index in [4.69, 9.17) is 0 Å². The topological polar surface area (TPSA) is 131 Å². The molecule has 0 unspecified atom stereocenters. The number of hydrogen-bond donors (Lipinski definition) is 2. The van der Waals surface area contributed by atoms with Crippen LogP contribution in [-0.4, -0.2) is 32.0 Å². The van der Waals surface area contributed by atoms with Crippen LogP contribution in [0.25, 0.3) is 0 Å². The van der Waals surface area contributed by atoms with Crippen molar-refractivity contribution < 1.29 is 28.5 Å². The third-order valence-electron chi connectivity index (χ3n) is 1.53. The van der Waals surface area contributed by atoms with E-state index >= 15 is 0 Å². The van der Waals surface area contributed by atoms with Gasteiger partial charge in [-0.1, -0.05) is 0 Å². The van der Waals surface area contributed by atoms with E-state index < -0.39 is 20.3 Å². The van der Waals surface area contributed by atoms with Crippen LogP contribution in [0.1, 0.15) is 12.8 Å². The molecule has 0 fully saturated rings. The highest BCUT2D eigenvalue weighted by Gasteiger charge is 2.04. The average molecular weight is 252 g/mol. The Morgan fingerprint density at radius 3 is 2.31 bits per heavy atom. The van der Waals surface area contributed by atoms with Gasteiger partial charge in [-0.2, -0.15) is 0 Å². The summed E-state index contributed by atoms with van der Waals surface area (Å²) in [5, 5.41) is 4.64. The van der Waals surface area contributed by atoms with E-state index in [1.165, 1.54) is 7.05 Å². The molecule has 9 heteroatoms. The maximum absolute atomic E-state index is 11.0. The second-order valence-electron chi connectivity index (χ2n) is 2.80. The standard InChI is InChI=1S/C7H15N2O6P/c1-8-6(10)2-3-7(11)9-4-5-15-16(12,13)14/h2-5H2,1H3,(H,8,10)(H,9,11)(H2,12,13,14)/p-2. The van der Waals surface area contributed by atoms with Crippen LogP contribution in [-0.2, 0) is 18.7 Å². The van der Waals surface area contributed by atoms with Crippen molar-refractivity contribution >= 4 is 19.6 Å². The second-order valence-corrected chi connectivity index (χ2v) is 3.96. The summed E-state index contributed by atoms with van der Waals surface area (Å²) in [5.74, 6) is -0.686. The second kappa shape index (κ2) is 7.34. The predicted molar refractivity (Wildman–Crippen MR) is 49.9 cm³/mol. The van der Waals surface area contributed by atoms with Crippen LogP contribution in [0.15, 0.2) is 0 Å². The number of nitrogens with one attached hydrogen (secondary N) is 2. The Bertz CT molecular complexity index is 289. The molecule has 0 radical (unpaired) electrons. The predicted octanol–water partition coefficient (Wildman–Crippen LogP) is -2.53. The molecule has 0 atom stereocenters. The summed E-state index contributed by atoms with van der Waals surface area (Å²) in [7, 11) is -3.52. The number of carbonyl (C=O) groups excluding carboxylic acids is 2. The van der Waals surface area contributed by atoms with Gasteiger partial charge in [0.15, 0.2) is 0 Å². The summed E-state index contributed by atoms with van der Waals surface area (Å²) in [6.07, 6.45) is 0.0386. The Labute approximate surface area is 92.6 Å². The van der Waals surface area contributed by atoms with E-state index in [-0.39, 0.29) is 25.3 Å². The summed E-state index contributed by atoms with van der Waals surface area (Å²) in [6, 6.07) is 0. The lowest BCUT2D eigenvalue weighted by Gasteiger charge is -2.28. The van der Waals surface area contributed by atoms with Gasteiger partial charge in [0, 0.05) is 26.4 Å². The highest BCUT2D eigenvalue weighted by Crippen LogP contribution is 2.23. The Morgan fingerprint density at radius 2 is 1.81 bits per heavy atom. The van der Waals surface area contributed by atoms with Gasteiger partial charge in [-0.25, -0.2) is 0 Å². The smallest absolute Gasteiger partial charge is 0.220 e. The lowest BCUT2D eigenvalue weighted by atomic mass is 10.3. The fraction of sp³-hybridized carbons (Fsp3) is 0.714. The van der Waals surface area contributed by atoms with Crippen LogP contribution in [0.2, 0.25) is 0 Å². The summed E-state index contributed by atoms with van der Waals surface area (Å²) in [6.45, 7) is -0.503. The van der Waals surface area contributed by atoms with E-state index in [9.17, 15) is 23.9 Å². The van der Waals surface area contributed by atoms with Gasteiger partial charge in [0.2, 0.25) is 11.8 Å². The van der Waals surface area contributed by atoms with Crippen molar-refractivity contribution in [2.45, 2.75) is 12.8 Å². The van der Waals surface area contributed by atoms with Crippen LogP contribution in [0.3, 0.4) is 0 Å². The molecule has 94 valence electrons. The highest BCUT2D eigenvalue weighted by molar-refractivity contribution is 7.43. The largest absolute Gasteiger partial charge is 0.790 e. The van der Waals surface area contributed by atoms with Gasteiger partial charge < -0.3 is 29.5 Å². The normalized spacial score (nSPS) is 10.9. The van der Waals surface area contributed by atoms with Crippen LogP contribution in [0, 0.1) is 0 Å². The van der Waals surface area contributed by atoms with Gasteiger partial charge in [-0.3, -0.25) is 9.59 Å². The monoisotopic (exact) mass is 252 g/mol. The van der Waals surface area contributed by atoms with Crippen molar-refractivity contribution in [3.8, 4) is 0 Å². The molecule has 0 heterocycles. The van der Waals surface area contributed by atoms with Crippen LogP contribution < -0.4 is 20.4 Å². The molecule has 0 aromatic carbocycles. The maximum Gasteiger partial charge on any atom is 0.220 e. The van der Waals surface area contributed by atoms with E-state index in [2.05, 4.69) is 15.2 Å². The Balaban J connectivity index is 3.52. The molecule has 0 saturated heterocycles. The molecule has 16 heavy (non-hydrogen) atoms. The minimum absolute atomic E-state index is 0.00785. The van der Waals surface area contributed by atoms with E-state index in [1.54, 1.807) is 0 Å². The lowest BCUT2D eigenvalue weighted by Crippen LogP contribution is -2.29. The summed E-state index contributed by atoms with van der Waals surface area (Å²) in [4.78, 5) is 41.8. The number of rotatable bonds is 7. The fourth-order valence-electron chi connectivity index (χ4n) is 0.788. The fourth-order valence-corrected chi connectivity index (χ4v) is 1.10. The van der Waals surface area contributed by atoms with Crippen molar-refractivity contribution in [2.75, 3.05) is 20.2 Å². The number of amides is 2. The molecule has 0 saturated carbocycles. The third kappa shape index (κ3) is 9.60. The van der Waals surface area contributed by atoms with Gasteiger partial charge in [0.25, 0.3) is 0 Å². The maximum atomic E-state index is 11.0. The molecule has 0 aliphatic heterocycles. The molecule has 2 N–H and O–H groups in total.